The van der Waals surface area contributed by atoms with E-state index in [0.717, 1.165) is 11.4 Å². The van der Waals surface area contributed by atoms with Gasteiger partial charge in [-0.05, 0) is 6.04 Å². The molecule has 0 radical (unpaired) electrons. The third kappa shape index (κ3) is 2.25. The summed E-state index contributed by atoms with van der Waals surface area (Å²) in [5, 5.41) is 2.40. The number of benzene rings is 1. The van der Waals surface area contributed by atoms with Gasteiger partial charge in [0.25, 0.3) is 0 Å². The van der Waals surface area contributed by atoms with E-state index in [4.69, 9.17) is 0 Å². The fraction of sp³-hybridized carbons (Fsp3) is 0.167. The first kappa shape index (κ1) is 11.5. The fourth-order valence-electron chi connectivity index (χ4n) is 1.57. The minimum atomic E-state index is -1.64. The maximum absolute atomic E-state index is 3.97. The average molecular weight is 267 g/mol. The van der Waals surface area contributed by atoms with Crippen LogP contribution in [0.4, 0.5) is 0 Å². The largest absolute Gasteiger partial charge is 0.133 e. The SMILES string of the molecule is C=C[Si](C=C)(CCBr)c1ccccc1. The predicted molar refractivity (Wildman–Crippen MR) is 70.8 cm³/mol. The van der Waals surface area contributed by atoms with Crippen LogP contribution in [0.3, 0.4) is 0 Å². The monoisotopic (exact) mass is 266 g/mol. The minimum Gasteiger partial charge on any atom is -0.106 e. The van der Waals surface area contributed by atoms with Gasteiger partial charge in [-0.1, -0.05) is 62.8 Å². The van der Waals surface area contributed by atoms with Crippen LogP contribution in [0.15, 0.2) is 54.9 Å². The van der Waals surface area contributed by atoms with Crippen molar-refractivity contribution in [3.8, 4) is 0 Å². The molecule has 0 atom stereocenters. The van der Waals surface area contributed by atoms with Crippen molar-refractivity contribution in [1.29, 1.82) is 0 Å². The van der Waals surface area contributed by atoms with Crippen molar-refractivity contribution in [2.75, 3.05) is 5.33 Å². The van der Waals surface area contributed by atoms with Crippen LogP contribution in [0.1, 0.15) is 0 Å². The van der Waals surface area contributed by atoms with E-state index >= 15 is 0 Å². The van der Waals surface area contributed by atoms with Crippen LogP contribution in [0.2, 0.25) is 6.04 Å². The zero-order chi connectivity index (χ0) is 10.4. The van der Waals surface area contributed by atoms with Gasteiger partial charge < -0.3 is 0 Å². The summed E-state index contributed by atoms with van der Waals surface area (Å²) >= 11 is 3.50. The quantitative estimate of drug-likeness (QED) is 0.568. The molecule has 2 heteroatoms. The third-order valence-corrected chi connectivity index (χ3v) is 7.62. The Balaban J connectivity index is 3.10. The second kappa shape index (κ2) is 5.32. The normalized spacial score (nSPS) is 10.9. The van der Waals surface area contributed by atoms with Gasteiger partial charge in [0.2, 0.25) is 0 Å². The molecule has 0 bridgehead atoms. The third-order valence-electron chi connectivity index (χ3n) is 2.55. The molecule has 74 valence electrons. The van der Waals surface area contributed by atoms with E-state index in [1.807, 2.05) is 6.07 Å². The van der Waals surface area contributed by atoms with E-state index < -0.39 is 8.07 Å². The summed E-state index contributed by atoms with van der Waals surface area (Å²) in [6.45, 7) is 7.94. The molecule has 1 rings (SSSR count). The molecule has 0 aromatic heterocycles. The molecular formula is C12H15BrSi. The van der Waals surface area contributed by atoms with Crippen molar-refractivity contribution in [3.63, 3.8) is 0 Å². The van der Waals surface area contributed by atoms with Crippen molar-refractivity contribution in [3.05, 3.63) is 54.9 Å². The lowest BCUT2D eigenvalue weighted by molar-refractivity contribution is 1.45. The first-order chi connectivity index (χ1) is 6.79. The molecule has 1 aromatic rings. The zero-order valence-electron chi connectivity index (χ0n) is 8.25. The lowest BCUT2D eigenvalue weighted by Crippen LogP contribution is -2.44. The Labute approximate surface area is 95.5 Å². The van der Waals surface area contributed by atoms with Gasteiger partial charge in [0.1, 0.15) is 8.07 Å². The van der Waals surface area contributed by atoms with Crippen LogP contribution >= 0.6 is 15.9 Å². The Hall–Kier alpha value is -0.603. The van der Waals surface area contributed by atoms with Crippen LogP contribution in [-0.4, -0.2) is 13.4 Å². The molecule has 1 aromatic carbocycles. The summed E-state index contributed by atoms with van der Waals surface area (Å²) in [7, 11) is -1.64. The van der Waals surface area contributed by atoms with E-state index in [2.05, 4.69) is 64.8 Å². The standard InChI is InChI=1S/C12H15BrSi/c1-3-14(4-2,11-10-13)12-8-6-5-7-9-12/h3-9H,1-2,10-11H2. The predicted octanol–water partition coefficient (Wildman–Crippen LogP) is 3.19. The van der Waals surface area contributed by atoms with Crippen LogP contribution in [0.25, 0.3) is 0 Å². The Kier molecular flexibility index (Phi) is 4.36. The van der Waals surface area contributed by atoms with Crippen molar-refractivity contribution in [1.82, 2.24) is 0 Å². The second-order valence-electron chi connectivity index (χ2n) is 3.25. The summed E-state index contributed by atoms with van der Waals surface area (Å²) in [4.78, 5) is 0. The maximum Gasteiger partial charge on any atom is 0.133 e. The molecule has 0 nitrogen and oxygen atoms in total. The second-order valence-corrected chi connectivity index (χ2v) is 8.02. The minimum absolute atomic E-state index is 1.01. The molecule has 0 aliphatic heterocycles. The first-order valence-corrected chi connectivity index (χ1v) is 8.16. The number of halogens is 1. The molecule has 0 heterocycles. The summed E-state index contributed by atoms with van der Waals surface area (Å²) in [5.74, 6) is 0. The number of hydrogen-bond acceptors (Lipinski definition) is 0. The van der Waals surface area contributed by atoms with Gasteiger partial charge in [0, 0.05) is 5.33 Å². The van der Waals surface area contributed by atoms with Crippen LogP contribution in [0.5, 0.6) is 0 Å². The Bertz CT molecular complexity index is 297. The molecule has 0 fully saturated rings. The summed E-state index contributed by atoms with van der Waals surface area (Å²) < 4.78 is 0. The van der Waals surface area contributed by atoms with Gasteiger partial charge in [-0.3, -0.25) is 0 Å². The van der Waals surface area contributed by atoms with Crippen molar-refractivity contribution in [2.45, 2.75) is 6.04 Å². The average Bonchev–Trinajstić information content (AvgIpc) is 2.27. The van der Waals surface area contributed by atoms with E-state index in [1.165, 1.54) is 5.19 Å². The van der Waals surface area contributed by atoms with Gasteiger partial charge in [0.15, 0.2) is 0 Å². The molecule has 0 spiro atoms. The van der Waals surface area contributed by atoms with E-state index in [9.17, 15) is 0 Å². The van der Waals surface area contributed by atoms with Crippen molar-refractivity contribution >= 4 is 29.2 Å². The van der Waals surface area contributed by atoms with E-state index in [-0.39, 0.29) is 0 Å². The lowest BCUT2D eigenvalue weighted by Gasteiger charge is -2.23. The zero-order valence-corrected chi connectivity index (χ0v) is 10.8. The first-order valence-electron chi connectivity index (χ1n) is 4.68. The topological polar surface area (TPSA) is 0 Å². The van der Waals surface area contributed by atoms with Crippen molar-refractivity contribution < 1.29 is 0 Å². The Morgan fingerprint density at radius 3 is 2.14 bits per heavy atom. The Morgan fingerprint density at radius 2 is 1.71 bits per heavy atom. The summed E-state index contributed by atoms with van der Waals surface area (Å²) in [5.41, 5.74) is 4.22. The molecule has 0 aliphatic rings. The molecule has 0 saturated heterocycles. The number of alkyl halides is 1. The van der Waals surface area contributed by atoms with Crippen LogP contribution in [-0.2, 0) is 0 Å². The van der Waals surface area contributed by atoms with Crippen LogP contribution in [0, 0.1) is 0 Å². The molecular weight excluding hydrogens is 252 g/mol. The highest BCUT2D eigenvalue weighted by atomic mass is 79.9. The molecule has 14 heavy (non-hydrogen) atoms. The molecule has 0 saturated carbocycles. The van der Waals surface area contributed by atoms with Gasteiger partial charge in [0.05, 0.1) is 0 Å². The highest BCUT2D eigenvalue weighted by Gasteiger charge is 2.26. The fourth-order valence-corrected chi connectivity index (χ4v) is 6.00. The van der Waals surface area contributed by atoms with E-state index in [1.54, 1.807) is 0 Å². The molecule has 0 aliphatic carbocycles. The Morgan fingerprint density at radius 1 is 1.14 bits per heavy atom. The number of rotatable bonds is 5. The highest BCUT2D eigenvalue weighted by Crippen LogP contribution is 2.14. The van der Waals surface area contributed by atoms with Gasteiger partial charge in [-0.15, -0.1) is 13.2 Å². The smallest absolute Gasteiger partial charge is 0.106 e. The van der Waals surface area contributed by atoms with Gasteiger partial charge in [-0.25, -0.2) is 0 Å². The molecule has 0 unspecified atom stereocenters. The van der Waals surface area contributed by atoms with Gasteiger partial charge in [-0.2, -0.15) is 0 Å². The number of hydrogen-bond donors (Lipinski definition) is 0. The maximum atomic E-state index is 3.97. The van der Waals surface area contributed by atoms with Gasteiger partial charge >= 0.3 is 0 Å². The lowest BCUT2D eigenvalue weighted by atomic mass is 10.4. The van der Waals surface area contributed by atoms with Crippen LogP contribution < -0.4 is 5.19 Å². The van der Waals surface area contributed by atoms with E-state index in [0.29, 0.717) is 0 Å². The highest BCUT2D eigenvalue weighted by molar-refractivity contribution is 9.09. The molecule has 0 amide bonds. The molecule has 0 N–H and O–H groups in total. The van der Waals surface area contributed by atoms with Crippen molar-refractivity contribution in [2.24, 2.45) is 0 Å². The summed E-state index contributed by atoms with van der Waals surface area (Å²) in [6.07, 6.45) is 0. The summed E-state index contributed by atoms with van der Waals surface area (Å²) in [6, 6.07) is 11.7.